The number of hydrogen-bond donors (Lipinski definition) is 0. The number of carbonyl (C=O) groups excluding carboxylic acids is 1. The molecular weight excluding hydrogens is 354 g/mol. The minimum Gasteiger partial charge on any atom is -0.368 e. The number of hydrogen-bond acceptors (Lipinski definition) is 2. The molecule has 1 spiro atoms. The van der Waals surface area contributed by atoms with Crippen LogP contribution in [0.25, 0.3) is 0 Å². The van der Waals surface area contributed by atoms with Gasteiger partial charge in [0.15, 0.2) is 0 Å². The first-order chi connectivity index (χ1) is 11.2. The Morgan fingerprint density at radius 2 is 1.87 bits per heavy atom. The van der Waals surface area contributed by atoms with Crippen LogP contribution in [0.1, 0.15) is 50.0 Å². The smallest absolute Gasteiger partial charge is 0.251 e. The lowest BCUT2D eigenvalue weighted by molar-refractivity contribution is -0.144. The van der Waals surface area contributed by atoms with Crippen LogP contribution in [0, 0.1) is 5.41 Å². The Hall–Kier alpha value is -0.870. The van der Waals surface area contributed by atoms with Gasteiger partial charge in [0.05, 0.1) is 0 Å². The number of halogens is 1. The van der Waals surface area contributed by atoms with Crippen molar-refractivity contribution in [2.24, 2.45) is 5.41 Å². The Labute approximate surface area is 146 Å². The molecule has 0 unspecified atom stereocenters. The fourth-order valence-corrected chi connectivity index (χ4v) is 4.81. The van der Waals surface area contributed by atoms with Crippen LogP contribution in [0.3, 0.4) is 0 Å². The summed E-state index contributed by atoms with van der Waals surface area (Å²) in [5.41, 5.74) is 1.96. The molecule has 2 saturated heterocycles. The van der Waals surface area contributed by atoms with E-state index in [2.05, 4.69) is 40.2 Å². The average molecular weight is 378 g/mol. The van der Waals surface area contributed by atoms with Crippen LogP contribution in [0.2, 0.25) is 0 Å². The SMILES string of the molecule is O=C([C@H]1CCCO1)N1CCC2(CC1)CC(c1ccc(Br)cc1)C2. The summed E-state index contributed by atoms with van der Waals surface area (Å²) in [5.74, 6) is 0.949. The Balaban J connectivity index is 1.30. The summed E-state index contributed by atoms with van der Waals surface area (Å²) < 4.78 is 6.70. The van der Waals surface area contributed by atoms with E-state index in [1.165, 1.54) is 31.2 Å². The lowest BCUT2D eigenvalue weighted by Gasteiger charge is -2.52. The van der Waals surface area contributed by atoms with Gasteiger partial charge in [-0.25, -0.2) is 0 Å². The molecule has 1 atom stereocenters. The summed E-state index contributed by atoms with van der Waals surface area (Å²) in [5, 5.41) is 0. The molecule has 1 aromatic rings. The zero-order valence-corrected chi connectivity index (χ0v) is 15.1. The number of likely N-dealkylation sites (tertiary alicyclic amines) is 1. The quantitative estimate of drug-likeness (QED) is 0.775. The van der Waals surface area contributed by atoms with Crippen LogP contribution in [0.15, 0.2) is 28.7 Å². The van der Waals surface area contributed by atoms with Crippen molar-refractivity contribution in [3.05, 3.63) is 34.3 Å². The normalized spacial score (nSPS) is 27.2. The average Bonchev–Trinajstić information content (AvgIpc) is 3.07. The molecule has 2 aliphatic heterocycles. The van der Waals surface area contributed by atoms with E-state index in [1.54, 1.807) is 0 Å². The van der Waals surface area contributed by atoms with Crippen molar-refractivity contribution < 1.29 is 9.53 Å². The van der Waals surface area contributed by atoms with Crippen LogP contribution in [-0.4, -0.2) is 36.6 Å². The van der Waals surface area contributed by atoms with Gasteiger partial charge in [-0.1, -0.05) is 28.1 Å². The van der Waals surface area contributed by atoms with Gasteiger partial charge in [0.1, 0.15) is 6.10 Å². The van der Waals surface area contributed by atoms with Gasteiger partial charge in [-0.3, -0.25) is 4.79 Å². The second-order valence-corrected chi connectivity index (χ2v) is 8.40. The van der Waals surface area contributed by atoms with Crippen molar-refractivity contribution in [3.8, 4) is 0 Å². The highest BCUT2D eigenvalue weighted by Gasteiger charge is 2.47. The highest BCUT2D eigenvalue weighted by atomic mass is 79.9. The van der Waals surface area contributed by atoms with Gasteiger partial charge in [0, 0.05) is 24.2 Å². The standard InChI is InChI=1S/C19H24BrNO2/c20-16-5-3-14(4-6-16)15-12-19(13-15)7-9-21(10-8-19)18(22)17-2-1-11-23-17/h3-6,15,17H,1-2,7-13H2/t17-/m1/s1. The third kappa shape index (κ3) is 3.08. The van der Waals surface area contributed by atoms with E-state index in [1.807, 2.05) is 4.90 Å². The second kappa shape index (κ2) is 6.21. The summed E-state index contributed by atoms with van der Waals surface area (Å²) in [4.78, 5) is 14.5. The van der Waals surface area contributed by atoms with E-state index < -0.39 is 0 Å². The second-order valence-electron chi connectivity index (χ2n) is 7.48. The van der Waals surface area contributed by atoms with Gasteiger partial charge >= 0.3 is 0 Å². The van der Waals surface area contributed by atoms with E-state index in [-0.39, 0.29) is 12.0 Å². The molecule has 4 heteroatoms. The number of carbonyl (C=O) groups is 1. The zero-order valence-electron chi connectivity index (χ0n) is 13.5. The predicted octanol–water partition coefficient (Wildman–Crippen LogP) is 4.11. The number of amides is 1. The maximum absolute atomic E-state index is 12.4. The summed E-state index contributed by atoms with van der Waals surface area (Å²) in [7, 11) is 0. The van der Waals surface area contributed by atoms with Crippen molar-refractivity contribution in [2.75, 3.05) is 19.7 Å². The Morgan fingerprint density at radius 1 is 1.17 bits per heavy atom. The molecule has 0 bridgehead atoms. The van der Waals surface area contributed by atoms with Crippen molar-refractivity contribution in [3.63, 3.8) is 0 Å². The molecule has 1 aromatic carbocycles. The number of ether oxygens (including phenoxy) is 1. The Bertz CT molecular complexity index is 564. The first kappa shape index (κ1) is 15.6. The maximum atomic E-state index is 12.4. The topological polar surface area (TPSA) is 29.5 Å². The molecule has 1 saturated carbocycles. The lowest BCUT2D eigenvalue weighted by atomic mass is 9.56. The molecule has 0 radical (unpaired) electrons. The van der Waals surface area contributed by atoms with Crippen molar-refractivity contribution in [2.45, 2.75) is 50.5 Å². The van der Waals surface area contributed by atoms with Crippen LogP contribution >= 0.6 is 15.9 Å². The van der Waals surface area contributed by atoms with Gasteiger partial charge < -0.3 is 9.64 Å². The van der Waals surface area contributed by atoms with E-state index in [9.17, 15) is 4.79 Å². The number of benzene rings is 1. The van der Waals surface area contributed by atoms with Crippen molar-refractivity contribution in [1.29, 1.82) is 0 Å². The molecule has 1 aliphatic carbocycles. The monoisotopic (exact) mass is 377 g/mol. The van der Waals surface area contributed by atoms with Crippen molar-refractivity contribution in [1.82, 2.24) is 4.90 Å². The minimum absolute atomic E-state index is 0.152. The lowest BCUT2D eigenvalue weighted by Crippen LogP contribution is -2.50. The van der Waals surface area contributed by atoms with Gasteiger partial charge in [0.2, 0.25) is 0 Å². The fraction of sp³-hybridized carbons (Fsp3) is 0.632. The largest absolute Gasteiger partial charge is 0.368 e. The summed E-state index contributed by atoms with van der Waals surface area (Å²) in [6.45, 7) is 2.60. The predicted molar refractivity (Wildman–Crippen MR) is 93.3 cm³/mol. The van der Waals surface area contributed by atoms with Gasteiger partial charge in [-0.2, -0.15) is 0 Å². The minimum atomic E-state index is -0.152. The number of nitrogens with zero attached hydrogens (tertiary/aromatic N) is 1. The molecule has 3 aliphatic rings. The van der Waals surface area contributed by atoms with Crippen LogP contribution < -0.4 is 0 Å². The van der Waals surface area contributed by atoms with E-state index in [0.29, 0.717) is 11.3 Å². The van der Waals surface area contributed by atoms with Crippen LogP contribution in [-0.2, 0) is 9.53 Å². The number of piperidine rings is 1. The van der Waals surface area contributed by atoms with E-state index >= 15 is 0 Å². The maximum Gasteiger partial charge on any atom is 0.251 e. The van der Waals surface area contributed by atoms with Crippen molar-refractivity contribution >= 4 is 21.8 Å². The first-order valence-corrected chi connectivity index (χ1v) is 9.60. The molecule has 4 rings (SSSR count). The molecule has 23 heavy (non-hydrogen) atoms. The van der Waals surface area contributed by atoms with Crippen LogP contribution in [0.4, 0.5) is 0 Å². The van der Waals surface area contributed by atoms with Gasteiger partial charge in [-0.05, 0) is 67.6 Å². The molecule has 3 nitrogen and oxygen atoms in total. The molecule has 124 valence electrons. The van der Waals surface area contributed by atoms with Gasteiger partial charge in [-0.15, -0.1) is 0 Å². The highest BCUT2D eigenvalue weighted by Crippen LogP contribution is 2.56. The molecule has 0 N–H and O–H groups in total. The third-order valence-corrected chi connectivity index (χ3v) is 6.57. The molecule has 2 heterocycles. The summed E-state index contributed by atoms with van der Waals surface area (Å²) in [6, 6.07) is 8.78. The summed E-state index contributed by atoms with van der Waals surface area (Å²) >= 11 is 3.50. The Kier molecular flexibility index (Phi) is 4.22. The fourth-order valence-electron chi connectivity index (χ4n) is 4.54. The third-order valence-electron chi connectivity index (χ3n) is 6.04. The van der Waals surface area contributed by atoms with Gasteiger partial charge in [0.25, 0.3) is 5.91 Å². The Morgan fingerprint density at radius 3 is 2.48 bits per heavy atom. The molecule has 3 fully saturated rings. The number of rotatable bonds is 2. The van der Waals surface area contributed by atoms with E-state index in [4.69, 9.17) is 4.74 Å². The molecular formula is C19H24BrNO2. The summed E-state index contributed by atoms with van der Waals surface area (Å²) in [6.07, 6.45) is 6.69. The molecule has 0 aromatic heterocycles. The first-order valence-electron chi connectivity index (χ1n) is 8.81. The zero-order chi connectivity index (χ0) is 15.9. The highest BCUT2D eigenvalue weighted by molar-refractivity contribution is 9.10. The molecule has 1 amide bonds. The van der Waals surface area contributed by atoms with Crippen LogP contribution in [0.5, 0.6) is 0 Å². The van der Waals surface area contributed by atoms with E-state index in [0.717, 1.165) is 37.0 Å².